The predicted molar refractivity (Wildman–Crippen MR) is 123 cm³/mol. The highest BCUT2D eigenvalue weighted by Crippen LogP contribution is 2.35. The van der Waals surface area contributed by atoms with Crippen LogP contribution in [-0.4, -0.2) is 72.3 Å². The van der Waals surface area contributed by atoms with Crippen molar-refractivity contribution in [3.8, 4) is 0 Å². The summed E-state index contributed by atoms with van der Waals surface area (Å²) < 4.78 is 5.16. The second-order valence-electron chi connectivity index (χ2n) is 8.02. The van der Waals surface area contributed by atoms with Gasteiger partial charge in [-0.1, -0.05) is 25.1 Å². The number of esters is 1. The van der Waals surface area contributed by atoms with E-state index in [2.05, 4.69) is 11.9 Å². The highest BCUT2D eigenvalue weighted by molar-refractivity contribution is 7.11. The number of likely N-dealkylation sites (N-methyl/N-ethyl adjacent to an activating group) is 1. The van der Waals surface area contributed by atoms with Crippen LogP contribution in [0.25, 0.3) is 5.57 Å². The lowest BCUT2D eigenvalue weighted by Gasteiger charge is -2.34. The average Bonchev–Trinajstić information content (AvgIpc) is 3.41. The van der Waals surface area contributed by atoms with Crippen molar-refractivity contribution in [1.29, 1.82) is 0 Å². The lowest BCUT2D eigenvalue weighted by atomic mass is 10.1. The number of thiophene rings is 1. The quantitative estimate of drug-likeness (QED) is 0.474. The van der Waals surface area contributed by atoms with Gasteiger partial charge in [-0.3, -0.25) is 14.5 Å². The average molecular weight is 454 g/mol. The zero-order valence-corrected chi connectivity index (χ0v) is 19.2. The van der Waals surface area contributed by atoms with Crippen LogP contribution >= 0.6 is 11.3 Å². The highest BCUT2D eigenvalue weighted by atomic mass is 32.1. The van der Waals surface area contributed by atoms with Gasteiger partial charge in [-0.05, 0) is 42.6 Å². The summed E-state index contributed by atoms with van der Waals surface area (Å²) in [6.07, 6.45) is 0.762. The van der Waals surface area contributed by atoms with E-state index in [4.69, 9.17) is 4.74 Å². The molecule has 2 aliphatic rings. The monoisotopic (exact) mass is 453 g/mol. The van der Waals surface area contributed by atoms with Gasteiger partial charge in [0.25, 0.3) is 11.8 Å². The van der Waals surface area contributed by atoms with Crippen LogP contribution in [0.15, 0.2) is 47.5 Å². The molecule has 0 saturated carbocycles. The van der Waals surface area contributed by atoms with E-state index in [1.54, 1.807) is 24.3 Å². The molecule has 0 atom stereocenters. The van der Waals surface area contributed by atoms with Gasteiger partial charge in [-0.25, -0.2) is 4.79 Å². The standard InChI is InChI=1S/C24H27N3O4S/c1-3-14-31-24(30)18-8-6-17(7-9-18)16-27-22(28)20(19-5-4-15-32-19)21(23(27)29)26-12-10-25(2)11-13-26/h4-9,15H,3,10-14,16H2,1-2H3. The smallest absolute Gasteiger partial charge is 0.338 e. The Bertz CT molecular complexity index is 1020. The summed E-state index contributed by atoms with van der Waals surface area (Å²) in [5.74, 6) is -0.891. The fourth-order valence-corrected chi connectivity index (χ4v) is 4.64. The van der Waals surface area contributed by atoms with Gasteiger partial charge in [0, 0.05) is 31.1 Å². The molecule has 8 heteroatoms. The van der Waals surface area contributed by atoms with Crippen molar-refractivity contribution < 1.29 is 19.1 Å². The molecule has 2 amide bonds. The first-order valence-electron chi connectivity index (χ1n) is 10.8. The minimum absolute atomic E-state index is 0.161. The van der Waals surface area contributed by atoms with Gasteiger partial charge in [-0.2, -0.15) is 0 Å². The largest absolute Gasteiger partial charge is 0.462 e. The molecule has 32 heavy (non-hydrogen) atoms. The van der Waals surface area contributed by atoms with Crippen LogP contribution in [0, 0.1) is 0 Å². The summed E-state index contributed by atoms with van der Waals surface area (Å²) in [6, 6.07) is 10.7. The van der Waals surface area contributed by atoms with E-state index >= 15 is 0 Å². The van der Waals surface area contributed by atoms with E-state index in [0.29, 0.717) is 36.5 Å². The second-order valence-corrected chi connectivity index (χ2v) is 8.97. The lowest BCUT2D eigenvalue weighted by molar-refractivity contribution is -0.138. The van der Waals surface area contributed by atoms with Gasteiger partial charge in [0.15, 0.2) is 0 Å². The molecule has 0 spiro atoms. The van der Waals surface area contributed by atoms with Crippen LogP contribution in [0.2, 0.25) is 0 Å². The van der Waals surface area contributed by atoms with Gasteiger partial charge >= 0.3 is 5.97 Å². The third-order valence-electron chi connectivity index (χ3n) is 5.70. The van der Waals surface area contributed by atoms with E-state index in [9.17, 15) is 14.4 Å². The summed E-state index contributed by atoms with van der Waals surface area (Å²) in [5, 5.41) is 1.92. The Morgan fingerprint density at radius 3 is 2.38 bits per heavy atom. The molecule has 1 aromatic carbocycles. The maximum absolute atomic E-state index is 13.4. The summed E-state index contributed by atoms with van der Waals surface area (Å²) in [4.78, 5) is 45.2. The number of nitrogens with zero attached hydrogens (tertiary/aromatic N) is 3. The van der Waals surface area contributed by atoms with Crippen molar-refractivity contribution >= 4 is 34.7 Å². The molecule has 0 N–H and O–H groups in total. The molecule has 3 heterocycles. The Labute approximate surface area is 191 Å². The fraction of sp³-hybridized carbons (Fsp3) is 0.375. The number of ether oxygens (including phenoxy) is 1. The van der Waals surface area contributed by atoms with Gasteiger partial charge in [0.1, 0.15) is 5.70 Å². The summed E-state index contributed by atoms with van der Waals surface area (Å²) >= 11 is 1.47. The summed E-state index contributed by atoms with van der Waals surface area (Å²) in [5.41, 5.74) is 2.24. The molecule has 4 rings (SSSR count). The van der Waals surface area contributed by atoms with Crippen LogP contribution in [0.4, 0.5) is 0 Å². The zero-order valence-electron chi connectivity index (χ0n) is 18.4. The van der Waals surface area contributed by atoms with Crippen LogP contribution in [0.3, 0.4) is 0 Å². The third-order valence-corrected chi connectivity index (χ3v) is 6.59. The number of amides is 2. The van der Waals surface area contributed by atoms with Gasteiger partial charge in [0.05, 0.1) is 24.3 Å². The third kappa shape index (κ3) is 4.47. The number of carbonyl (C=O) groups is 3. The predicted octanol–water partition coefficient (Wildman–Crippen LogP) is 2.84. The Morgan fingerprint density at radius 1 is 1.03 bits per heavy atom. The topological polar surface area (TPSA) is 70.2 Å². The minimum atomic E-state index is -0.370. The summed E-state index contributed by atoms with van der Waals surface area (Å²) in [6.45, 7) is 5.59. The van der Waals surface area contributed by atoms with Crippen molar-refractivity contribution in [2.45, 2.75) is 19.9 Å². The molecule has 0 unspecified atom stereocenters. The van der Waals surface area contributed by atoms with E-state index in [1.807, 2.05) is 29.3 Å². The van der Waals surface area contributed by atoms with E-state index < -0.39 is 0 Å². The van der Waals surface area contributed by atoms with E-state index in [1.165, 1.54) is 16.2 Å². The van der Waals surface area contributed by atoms with Crippen LogP contribution in [0.5, 0.6) is 0 Å². The molecular weight excluding hydrogens is 426 g/mol. The first-order valence-corrected chi connectivity index (χ1v) is 11.7. The number of hydrogen-bond acceptors (Lipinski definition) is 7. The second kappa shape index (κ2) is 9.67. The number of piperazine rings is 1. The zero-order chi connectivity index (χ0) is 22.7. The maximum atomic E-state index is 13.4. The minimum Gasteiger partial charge on any atom is -0.462 e. The fourth-order valence-electron chi connectivity index (χ4n) is 3.88. The molecule has 168 valence electrons. The number of imide groups is 1. The maximum Gasteiger partial charge on any atom is 0.338 e. The first kappa shape index (κ1) is 22.2. The van der Waals surface area contributed by atoms with E-state index in [0.717, 1.165) is 30.0 Å². The molecular formula is C24H27N3O4S. The SMILES string of the molecule is CCCOC(=O)c1ccc(CN2C(=O)C(c3cccs3)=C(N3CCN(C)CC3)C2=O)cc1. The lowest BCUT2D eigenvalue weighted by Crippen LogP contribution is -2.46. The number of rotatable bonds is 7. The van der Waals surface area contributed by atoms with Crippen molar-refractivity contribution in [2.24, 2.45) is 0 Å². The molecule has 0 radical (unpaired) electrons. The molecule has 0 aliphatic carbocycles. The highest BCUT2D eigenvalue weighted by Gasteiger charge is 2.42. The molecule has 7 nitrogen and oxygen atoms in total. The van der Waals surface area contributed by atoms with E-state index in [-0.39, 0.29) is 24.3 Å². The van der Waals surface area contributed by atoms with Crippen molar-refractivity contribution in [2.75, 3.05) is 39.8 Å². The van der Waals surface area contributed by atoms with Crippen molar-refractivity contribution in [3.05, 3.63) is 63.5 Å². The Hall–Kier alpha value is -2.97. The molecule has 2 aromatic rings. The Kier molecular flexibility index (Phi) is 6.72. The molecule has 1 fully saturated rings. The van der Waals surface area contributed by atoms with Crippen LogP contribution in [0.1, 0.15) is 34.1 Å². The number of benzene rings is 1. The number of hydrogen-bond donors (Lipinski definition) is 0. The van der Waals surface area contributed by atoms with Gasteiger partial charge < -0.3 is 14.5 Å². The summed E-state index contributed by atoms with van der Waals surface area (Å²) in [7, 11) is 2.06. The molecule has 0 bridgehead atoms. The first-order chi connectivity index (χ1) is 15.5. The van der Waals surface area contributed by atoms with Crippen LogP contribution < -0.4 is 0 Å². The normalized spacial score (nSPS) is 17.4. The van der Waals surface area contributed by atoms with Gasteiger partial charge in [0.2, 0.25) is 0 Å². The Morgan fingerprint density at radius 2 is 1.75 bits per heavy atom. The Balaban J connectivity index is 1.55. The molecule has 1 aromatic heterocycles. The van der Waals surface area contributed by atoms with Crippen molar-refractivity contribution in [1.82, 2.24) is 14.7 Å². The molecule has 1 saturated heterocycles. The van der Waals surface area contributed by atoms with Gasteiger partial charge in [-0.15, -0.1) is 11.3 Å². The number of carbonyl (C=O) groups excluding carboxylic acids is 3. The molecule has 2 aliphatic heterocycles. The van der Waals surface area contributed by atoms with Crippen LogP contribution in [-0.2, 0) is 20.9 Å². The van der Waals surface area contributed by atoms with Crippen molar-refractivity contribution in [3.63, 3.8) is 0 Å².